The van der Waals surface area contributed by atoms with Crippen molar-refractivity contribution >= 4 is 40.5 Å². The van der Waals surface area contributed by atoms with E-state index in [0.29, 0.717) is 29.4 Å². The van der Waals surface area contributed by atoms with Crippen molar-refractivity contribution in [1.29, 1.82) is 0 Å². The zero-order valence-electron chi connectivity index (χ0n) is 15.1. The lowest BCUT2D eigenvalue weighted by Crippen LogP contribution is -2.33. The summed E-state index contributed by atoms with van der Waals surface area (Å²) in [4.78, 5) is 26.1. The van der Waals surface area contributed by atoms with Crippen molar-refractivity contribution in [2.45, 2.75) is 26.7 Å². The van der Waals surface area contributed by atoms with Gasteiger partial charge in [0.05, 0.1) is 17.3 Å². The summed E-state index contributed by atoms with van der Waals surface area (Å²) in [6.07, 6.45) is 1.22. The Morgan fingerprint density at radius 1 is 1.00 bits per heavy atom. The molecule has 0 saturated heterocycles. The van der Waals surface area contributed by atoms with Gasteiger partial charge in [0.2, 0.25) is 11.8 Å². The van der Waals surface area contributed by atoms with Crippen molar-refractivity contribution in [3.05, 3.63) is 53.6 Å². The number of amides is 2. The third-order valence-corrected chi connectivity index (χ3v) is 4.17. The standard InChI is InChI=1S/C20H24ClN3O2/c1-3-8-19(25)22-15-11-12-17(21)18(13-15)23-20(26)14-24(4-2)16-9-6-5-7-10-16/h5-7,9-13H,3-4,8,14H2,1-2H3,(H,22,25)(H,23,26). The van der Waals surface area contributed by atoms with Crippen molar-refractivity contribution < 1.29 is 9.59 Å². The fourth-order valence-corrected chi connectivity index (χ4v) is 2.70. The van der Waals surface area contributed by atoms with Crippen LogP contribution < -0.4 is 15.5 Å². The summed E-state index contributed by atoms with van der Waals surface area (Å²) in [5.41, 5.74) is 2.07. The van der Waals surface area contributed by atoms with Crippen LogP contribution in [0.15, 0.2) is 48.5 Å². The normalized spacial score (nSPS) is 10.3. The summed E-state index contributed by atoms with van der Waals surface area (Å²) >= 11 is 6.18. The van der Waals surface area contributed by atoms with E-state index < -0.39 is 0 Å². The van der Waals surface area contributed by atoms with Crippen LogP contribution in [0.3, 0.4) is 0 Å². The third-order valence-electron chi connectivity index (χ3n) is 3.84. The molecule has 2 aromatic rings. The lowest BCUT2D eigenvalue weighted by atomic mass is 10.2. The van der Waals surface area contributed by atoms with Gasteiger partial charge in [-0.2, -0.15) is 0 Å². The van der Waals surface area contributed by atoms with Crippen LogP contribution >= 0.6 is 11.6 Å². The molecule has 2 rings (SSSR count). The van der Waals surface area contributed by atoms with Gasteiger partial charge in [-0.25, -0.2) is 0 Å². The fraction of sp³-hybridized carbons (Fsp3) is 0.300. The second-order valence-electron chi connectivity index (χ2n) is 5.89. The van der Waals surface area contributed by atoms with Gasteiger partial charge in [0.25, 0.3) is 0 Å². The zero-order chi connectivity index (χ0) is 18.9. The molecule has 0 unspecified atom stereocenters. The van der Waals surface area contributed by atoms with Gasteiger partial charge in [-0.05, 0) is 43.7 Å². The quantitative estimate of drug-likeness (QED) is 0.713. The highest BCUT2D eigenvalue weighted by Gasteiger charge is 2.12. The van der Waals surface area contributed by atoms with E-state index in [1.165, 1.54) is 0 Å². The van der Waals surface area contributed by atoms with E-state index in [0.717, 1.165) is 12.1 Å². The molecule has 0 spiro atoms. The van der Waals surface area contributed by atoms with Crippen LogP contribution in [0.25, 0.3) is 0 Å². The smallest absolute Gasteiger partial charge is 0.243 e. The Kier molecular flexibility index (Phi) is 7.48. The first-order valence-electron chi connectivity index (χ1n) is 8.72. The van der Waals surface area contributed by atoms with Gasteiger partial charge in [0.15, 0.2) is 0 Å². The molecule has 0 aromatic heterocycles. The number of nitrogens with one attached hydrogen (secondary N) is 2. The number of benzene rings is 2. The molecule has 5 nitrogen and oxygen atoms in total. The highest BCUT2D eigenvalue weighted by atomic mass is 35.5. The van der Waals surface area contributed by atoms with Crippen LogP contribution in [0.2, 0.25) is 5.02 Å². The number of likely N-dealkylation sites (N-methyl/N-ethyl adjacent to an activating group) is 1. The molecule has 2 amide bonds. The summed E-state index contributed by atoms with van der Waals surface area (Å²) < 4.78 is 0. The Morgan fingerprint density at radius 3 is 2.38 bits per heavy atom. The average Bonchev–Trinajstić information content (AvgIpc) is 2.63. The maximum absolute atomic E-state index is 12.4. The first kappa shape index (κ1) is 19.8. The first-order chi connectivity index (χ1) is 12.5. The van der Waals surface area contributed by atoms with Crippen LogP contribution in [-0.4, -0.2) is 24.9 Å². The number of carbonyl (C=O) groups excluding carboxylic acids is 2. The topological polar surface area (TPSA) is 61.4 Å². The van der Waals surface area contributed by atoms with Gasteiger partial charge < -0.3 is 15.5 Å². The molecule has 0 aliphatic heterocycles. The van der Waals surface area contributed by atoms with Crippen LogP contribution in [0, 0.1) is 0 Å². The molecule has 0 bridgehead atoms. The maximum atomic E-state index is 12.4. The summed E-state index contributed by atoms with van der Waals surface area (Å²) in [5.74, 6) is -0.233. The highest BCUT2D eigenvalue weighted by molar-refractivity contribution is 6.33. The SMILES string of the molecule is CCCC(=O)Nc1ccc(Cl)c(NC(=O)CN(CC)c2ccccc2)c1. The van der Waals surface area contributed by atoms with Gasteiger partial charge in [-0.1, -0.05) is 36.7 Å². The second kappa shape index (κ2) is 9.82. The van der Waals surface area contributed by atoms with Gasteiger partial charge in [0, 0.05) is 24.3 Å². The molecular formula is C20H24ClN3O2. The van der Waals surface area contributed by atoms with Gasteiger partial charge >= 0.3 is 0 Å². The molecule has 0 heterocycles. The molecule has 0 aliphatic rings. The Hall–Kier alpha value is -2.53. The molecule has 0 saturated carbocycles. The second-order valence-corrected chi connectivity index (χ2v) is 6.30. The molecule has 0 atom stereocenters. The van der Waals surface area contributed by atoms with Gasteiger partial charge in [0.1, 0.15) is 0 Å². The Morgan fingerprint density at radius 2 is 1.73 bits per heavy atom. The molecule has 26 heavy (non-hydrogen) atoms. The molecule has 0 aliphatic carbocycles. The molecule has 2 N–H and O–H groups in total. The summed E-state index contributed by atoms with van der Waals surface area (Å²) in [5, 5.41) is 6.05. The van der Waals surface area contributed by atoms with E-state index in [2.05, 4.69) is 10.6 Å². The maximum Gasteiger partial charge on any atom is 0.243 e. The van der Waals surface area contributed by atoms with Crippen molar-refractivity contribution in [2.24, 2.45) is 0 Å². The van der Waals surface area contributed by atoms with Crippen LogP contribution in [-0.2, 0) is 9.59 Å². The number of rotatable bonds is 8. The van der Waals surface area contributed by atoms with Gasteiger partial charge in [-0.15, -0.1) is 0 Å². The highest BCUT2D eigenvalue weighted by Crippen LogP contribution is 2.26. The fourth-order valence-electron chi connectivity index (χ4n) is 2.54. The number of hydrogen-bond donors (Lipinski definition) is 2. The molecule has 0 radical (unpaired) electrons. The van der Waals surface area contributed by atoms with E-state index in [1.807, 2.05) is 49.1 Å². The Labute approximate surface area is 159 Å². The van der Waals surface area contributed by atoms with E-state index >= 15 is 0 Å². The lowest BCUT2D eigenvalue weighted by Gasteiger charge is -2.22. The summed E-state index contributed by atoms with van der Waals surface area (Å²) in [7, 11) is 0. The minimum absolute atomic E-state index is 0.0617. The molecule has 138 valence electrons. The number of halogens is 1. The Bertz CT molecular complexity index is 750. The van der Waals surface area contributed by atoms with Crippen LogP contribution in [0.5, 0.6) is 0 Å². The van der Waals surface area contributed by atoms with Crippen molar-refractivity contribution in [3.63, 3.8) is 0 Å². The van der Waals surface area contributed by atoms with E-state index in [-0.39, 0.29) is 18.4 Å². The zero-order valence-corrected chi connectivity index (χ0v) is 15.8. The van der Waals surface area contributed by atoms with E-state index in [1.54, 1.807) is 18.2 Å². The monoisotopic (exact) mass is 373 g/mol. The summed E-state index contributed by atoms with van der Waals surface area (Å²) in [6.45, 7) is 4.86. The lowest BCUT2D eigenvalue weighted by molar-refractivity contribution is -0.116. The number of nitrogens with zero attached hydrogens (tertiary/aromatic N) is 1. The number of carbonyl (C=O) groups is 2. The van der Waals surface area contributed by atoms with Crippen molar-refractivity contribution in [3.8, 4) is 0 Å². The summed E-state index contributed by atoms with van der Waals surface area (Å²) in [6, 6.07) is 14.8. The Balaban J connectivity index is 2.04. The number of hydrogen-bond acceptors (Lipinski definition) is 3. The van der Waals surface area contributed by atoms with E-state index in [4.69, 9.17) is 11.6 Å². The molecule has 2 aromatic carbocycles. The largest absolute Gasteiger partial charge is 0.362 e. The predicted molar refractivity (Wildman–Crippen MR) is 108 cm³/mol. The predicted octanol–water partition coefficient (Wildman–Crippen LogP) is 4.54. The number of para-hydroxylation sites is 1. The minimum atomic E-state index is -0.172. The van der Waals surface area contributed by atoms with Crippen molar-refractivity contribution in [1.82, 2.24) is 0 Å². The third kappa shape index (κ3) is 5.77. The molecular weight excluding hydrogens is 350 g/mol. The van der Waals surface area contributed by atoms with Gasteiger partial charge in [-0.3, -0.25) is 9.59 Å². The molecule has 6 heteroatoms. The minimum Gasteiger partial charge on any atom is -0.362 e. The van der Waals surface area contributed by atoms with Crippen LogP contribution in [0.1, 0.15) is 26.7 Å². The van der Waals surface area contributed by atoms with E-state index in [9.17, 15) is 9.59 Å². The van der Waals surface area contributed by atoms with Crippen LogP contribution in [0.4, 0.5) is 17.1 Å². The first-order valence-corrected chi connectivity index (χ1v) is 9.10. The average molecular weight is 374 g/mol. The number of anilines is 3. The molecule has 0 fully saturated rings. The van der Waals surface area contributed by atoms with Crippen molar-refractivity contribution in [2.75, 3.05) is 28.6 Å².